The van der Waals surface area contributed by atoms with Crippen molar-refractivity contribution in [2.45, 2.75) is 104 Å². The fourth-order valence-corrected chi connectivity index (χ4v) is 17.7. The van der Waals surface area contributed by atoms with Gasteiger partial charge in [0.25, 0.3) is 0 Å². The highest BCUT2D eigenvalue weighted by Crippen LogP contribution is 2.57. The van der Waals surface area contributed by atoms with Gasteiger partial charge in [0.1, 0.15) is 0 Å². The molecule has 3 nitrogen and oxygen atoms in total. The summed E-state index contributed by atoms with van der Waals surface area (Å²) in [6.45, 7) is 29.0. The first-order valence-electron chi connectivity index (χ1n) is 25.4. The van der Waals surface area contributed by atoms with Crippen molar-refractivity contribution in [3.05, 3.63) is 192 Å². The normalized spacial score (nSPS) is 15.9. The van der Waals surface area contributed by atoms with Crippen LogP contribution in [0.5, 0.6) is 0 Å². The van der Waals surface area contributed by atoms with Gasteiger partial charge in [0.2, 0.25) is 0 Å². The van der Waals surface area contributed by atoms with E-state index in [1.54, 1.807) is 0 Å². The summed E-state index contributed by atoms with van der Waals surface area (Å²) in [5, 5.41) is 9.46. The quantitative estimate of drug-likeness (QED) is 0.164. The molecule has 0 fully saturated rings. The second-order valence-corrected chi connectivity index (χ2v) is 28.3. The summed E-state index contributed by atoms with van der Waals surface area (Å²) < 4.78 is 0. The van der Waals surface area contributed by atoms with Gasteiger partial charge in [-0.15, -0.1) is 0 Å². The van der Waals surface area contributed by atoms with E-state index in [1.807, 2.05) is 0 Å². The minimum absolute atomic E-state index is 0.125. The molecule has 4 aliphatic rings. The molecule has 0 saturated carbocycles. The lowest BCUT2D eigenvalue weighted by atomic mass is 9.82. The number of anilines is 9. The molecule has 9 aromatic rings. The van der Waals surface area contributed by atoms with Gasteiger partial charge in [-0.2, -0.15) is 0 Å². The smallest absolute Gasteiger partial charge is 0.161 e. The zero-order valence-electron chi connectivity index (χ0n) is 42.9. The number of rotatable bonds is 3. The average Bonchev–Trinajstić information content (AvgIpc) is 3.55. The Balaban J connectivity index is 1.22. The van der Waals surface area contributed by atoms with Gasteiger partial charge in [0, 0.05) is 56.6 Å². The Morgan fingerprint density at radius 3 is 1.07 bits per heavy atom. The van der Waals surface area contributed by atoms with Crippen molar-refractivity contribution in [1.29, 1.82) is 0 Å². The van der Waals surface area contributed by atoms with Crippen LogP contribution in [0.1, 0.15) is 104 Å². The molecule has 0 amide bonds. The summed E-state index contributed by atoms with van der Waals surface area (Å²) in [6.07, 6.45) is 0. The van der Waals surface area contributed by atoms with E-state index in [0.29, 0.717) is 0 Å². The van der Waals surface area contributed by atoms with Crippen molar-refractivity contribution in [3.63, 3.8) is 0 Å². The van der Waals surface area contributed by atoms with Crippen LogP contribution in [0.2, 0.25) is 6.55 Å². The van der Waals surface area contributed by atoms with Crippen LogP contribution in [0.15, 0.2) is 164 Å². The lowest BCUT2D eigenvalue weighted by Crippen LogP contribution is -2.74. The molecule has 346 valence electrons. The summed E-state index contributed by atoms with van der Waals surface area (Å²) in [7, 11) is -2.91. The maximum Gasteiger partial charge on any atom is 0.161 e. The Bertz CT molecular complexity index is 3560. The second-order valence-electron chi connectivity index (χ2n) is 24.5. The molecule has 0 saturated heterocycles. The van der Waals surface area contributed by atoms with Crippen LogP contribution in [0, 0.1) is 0 Å². The van der Waals surface area contributed by atoms with Crippen LogP contribution >= 0.6 is 0 Å². The highest BCUT2D eigenvalue weighted by molar-refractivity contribution is 7.16. The van der Waals surface area contributed by atoms with Crippen LogP contribution in [0.3, 0.4) is 0 Å². The van der Waals surface area contributed by atoms with E-state index in [9.17, 15) is 0 Å². The van der Waals surface area contributed by atoms with Gasteiger partial charge in [-0.1, -0.05) is 174 Å². The maximum absolute atomic E-state index is 2.91. The summed E-state index contributed by atoms with van der Waals surface area (Å²) in [4.78, 5) is 8.08. The van der Waals surface area contributed by atoms with Gasteiger partial charge in [-0.05, 0) is 165 Å². The lowest BCUT2D eigenvalue weighted by molar-refractivity contribution is 0.590. The predicted molar refractivity (Wildman–Crippen MR) is 303 cm³/mol. The molecule has 70 heavy (non-hydrogen) atoms. The van der Waals surface area contributed by atoms with Crippen LogP contribution in [0.4, 0.5) is 51.2 Å². The van der Waals surface area contributed by atoms with E-state index in [-0.39, 0.29) is 21.7 Å². The summed E-state index contributed by atoms with van der Waals surface area (Å²) >= 11 is 0. The molecule has 0 bridgehead atoms. The van der Waals surface area contributed by atoms with E-state index in [1.165, 1.54) is 127 Å². The standard InChI is InChI=1S/C66H63N3Si/c1-63(2,3)44-33-54-60-55(34-44)68(48-28-26-41-20-14-16-22-43(41)32-48)57-36-46(65(7,8)9)38-59-62(57)70(60,12)61-56(67(54)47-27-25-40-19-13-15-21-42(40)31-47)35-45(64(4,5)6)37-58(61)69(59)49-29-30-51-50-23-17-18-24-52(50)66(10,11)53(51)39-49/h13-39H,1-12H3. The number of nitrogens with zero attached hydrogens (tertiary/aromatic N) is 3. The molecule has 3 heterocycles. The van der Waals surface area contributed by atoms with E-state index in [0.717, 1.165) is 0 Å². The minimum Gasteiger partial charge on any atom is -0.310 e. The molecule has 0 atom stereocenters. The summed E-state index contributed by atoms with van der Waals surface area (Å²) in [6, 6.07) is 63.9. The SMILES string of the molecule is CC(C)(C)c1cc2c3c(c1)N(c1ccc4ccccc4c1)c1cc(C(C)(C)C)cc4c1[Si]3(C)c1c(cc(C(C)(C)C)cc1N4c1ccc3ccccc3c1)N2c1ccc2c(c1)C(C)(C)c1ccccc1-2. The molecule has 9 aromatic carbocycles. The monoisotopic (exact) mass is 925 g/mol. The summed E-state index contributed by atoms with van der Waals surface area (Å²) in [5.74, 6) is 0. The first kappa shape index (κ1) is 43.2. The fourth-order valence-electron chi connectivity index (χ4n) is 12.8. The van der Waals surface area contributed by atoms with Gasteiger partial charge in [0.05, 0.1) is 0 Å². The molecule has 0 unspecified atom stereocenters. The van der Waals surface area contributed by atoms with Crippen LogP contribution in [0.25, 0.3) is 32.7 Å². The molecule has 13 rings (SSSR count). The zero-order chi connectivity index (χ0) is 48.6. The van der Waals surface area contributed by atoms with E-state index in [2.05, 4.69) is 261 Å². The minimum atomic E-state index is -2.91. The average molecular weight is 926 g/mol. The third-order valence-electron chi connectivity index (χ3n) is 16.6. The Morgan fingerprint density at radius 1 is 0.343 bits per heavy atom. The maximum atomic E-state index is 2.72. The van der Waals surface area contributed by atoms with E-state index >= 15 is 0 Å². The topological polar surface area (TPSA) is 9.72 Å². The van der Waals surface area contributed by atoms with Crippen molar-refractivity contribution in [3.8, 4) is 11.1 Å². The van der Waals surface area contributed by atoms with Gasteiger partial charge < -0.3 is 14.7 Å². The van der Waals surface area contributed by atoms with Gasteiger partial charge in [0.15, 0.2) is 8.07 Å². The highest BCUT2D eigenvalue weighted by Gasteiger charge is 2.57. The Hall–Kier alpha value is -6.88. The number of benzene rings is 9. The van der Waals surface area contributed by atoms with E-state index in [4.69, 9.17) is 0 Å². The third-order valence-corrected chi connectivity index (χ3v) is 21.2. The molecule has 0 aromatic heterocycles. The van der Waals surface area contributed by atoms with Crippen molar-refractivity contribution < 1.29 is 0 Å². The number of hydrogen-bond acceptors (Lipinski definition) is 3. The lowest BCUT2D eigenvalue weighted by Gasteiger charge is -2.55. The first-order valence-corrected chi connectivity index (χ1v) is 27.9. The number of fused-ring (bicyclic) bond motifs is 5. The van der Waals surface area contributed by atoms with Crippen LogP contribution < -0.4 is 30.3 Å². The van der Waals surface area contributed by atoms with Crippen LogP contribution in [-0.2, 0) is 21.7 Å². The first-order chi connectivity index (χ1) is 33.2. The van der Waals surface area contributed by atoms with Crippen molar-refractivity contribution >= 4 is 96.4 Å². The van der Waals surface area contributed by atoms with Crippen molar-refractivity contribution in [2.24, 2.45) is 0 Å². The molecular formula is C66H63N3Si. The van der Waals surface area contributed by atoms with Crippen molar-refractivity contribution in [2.75, 3.05) is 14.7 Å². The van der Waals surface area contributed by atoms with Crippen LogP contribution in [-0.4, -0.2) is 8.07 Å². The zero-order valence-corrected chi connectivity index (χ0v) is 43.9. The Morgan fingerprint density at radius 2 is 0.671 bits per heavy atom. The second kappa shape index (κ2) is 14.1. The van der Waals surface area contributed by atoms with Gasteiger partial charge >= 0.3 is 0 Å². The Kier molecular flexibility index (Phi) is 8.72. The molecule has 3 aliphatic heterocycles. The molecule has 1 aliphatic carbocycles. The molecular weight excluding hydrogens is 863 g/mol. The molecule has 0 N–H and O–H groups in total. The van der Waals surface area contributed by atoms with Crippen molar-refractivity contribution in [1.82, 2.24) is 0 Å². The van der Waals surface area contributed by atoms with E-state index < -0.39 is 8.07 Å². The van der Waals surface area contributed by atoms with Gasteiger partial charge in [-0.3, -0.25) is 0 Å². The molecule has 4 heteroatoms. The number of hydrogen-bond donors (Lipinski definition) is 0. The molecule has 0 radical (unpaired) electrons. The highest BCUT2D eigenvalue weighted by atomic mass is 28.3. The fraction of sp³-hybridized carbons (Fsp3) is 0.242. The van der Waals surface area contributed by atoms with Gasteiger partial charge in [-0.25, -0.2) is 0 Å². The summed E-state index contributed by atoms with van der Waals surface area (Å²) in [5.41, 5.74) is 20.4. The molecule has 0 spiro atoms. The predicted octanol–water partition coefficient (Wildman–Crippen LogP) is 16.6. The largest absolute Gasteiger partial charge is 0.310 e. The third kappa shape index (κ3) is 5.92. The Labute approximate surface area is 416 Å².